The first-order valence-corrected chi connectivity index (χ1v) is 11.0. The lowest BCUT2D eigenvalue weighted by Crippen LogP contribution is -2.24. The minimum Gasteiger partial charge on any atom is -0.356 e. The molecule has 0 bridgehead atoms. The van der Waals surface area contributed by atoms with Crippen LogP contribution in [0.15, 0.2) is 0 Å². The van der Waals surface area contributed by atoms with Crippen LogP contribution in [0, 0.1) is 0 Å². The molecule has 0 aliphatic heterocycles. The van der Waals surface area contributed by atoms with Crippen molar-refractivity contribution in [3.05, 3.63) is 0 Å². The first kappa shape index (κ1) is 28.9. The van der Waals surface area contributed by atoms with E-state index in [1.54, 1.807) is 13.8 Å². The van der Waals surface area contributed by atoms with Crippen molar-refractivity contribution >= 4 is 17.5 Å². The van der Waals surface area contributed by atoms with Gasteiger partial charge in [-0.25, -0.2) is 0 Å². The number of unbranched alkanes of at least 4 members (excludes halogenated alkanes) is 6. The zero-order valence-corrected chi connectivity index (χ0v) is 18.8. The molecule has 6 nitrogen and oxygen atoms in total. The average Bonchev–Trinajstić information content (AvgIpc) is 2.64. The lowest BCUT2D eigenvalue weighted by atomic mass is 10.1. The Kier molecular flexibility index (Phi) is 24.6. The second kappa shape index (κ2) is 23.8. The van der Waals surface area contributed by atoms with Crippen LogP contribution in [0.5, 0.6) is 0 Å². The normalized spacial score (nSPS) is 10.1. The van der Waals surface area contributed by atoms with Crippen LogP contribution in [0.3, 0.4) is 0 Å². The molecule has 0 aromatic carbocycles. The predicted octanol–water partition coefficient (Wildman–Crippen LogP) is 3.39. The summed E-state index contributed by atoms with van der Waals surface area (Å²) in [6.07, 6.45) is 11.6. The predicted molar refractivity (Wildman–Crippen MR) is 118 cm³/mol. The van der Waals surface area contributed by atoms with E-state index in [4.69, 9.17) is 0 Å². The summed E-state index contributed by atoms with van der Waals surface area (Å²) >= 11 is 0. The van der Waals surface area contributed by atoms with Crippen LogP contribution in [-0.2, 0) is 14.4 Å². The van der Waals surface area contributed by atoms with Crippen LogP contribution in [0.25, 0.3) is 0 Å². The molecule has 0 heterocycles. The standard InChI is InChI=1S/C14H28N2O2.C8H17NO/c1-13(17)9-5-6-10-14(18)16-12-8-4-3-7-11-15-2;1-8(10)6-4-3-5-7-9-2/h15H,3-12H2,1-2H3,(H,16,18);9H,3-7H2,1-2H3. The molecule has 0 rings (SSSR count). The number of rotatable bonds is 18. The summed E-state index contributed by atoms with van der Waals surface area (Å²) in [5, 5.41) is 9.11. The van der Waals surface area contributed by atoms with Crippen molar-refractivity contribution < 1.29 is 14.4 Å². The molecule has 0 spiro atoms. The van der Waals surface area contributed by atoms with Gasteiger partial charge >= 0.3 is 0 Å². The highest BCUT2D eigenvalue weighted by Gasteiger charge is 2.01. The first-order valence-electron chi connectivity index (χ1n) is 11.0. The Labute approximate surface area is 173 Å². The quantitative estimate of drug-likeness (QED) is 0.308. The number of carbonyl (C=O) groups excluding carboxylic acids is 3. The molecule has 0 atom stereocenters. The summed E-state index contributed by atoms with van der Waals surface area (Å²) in [7, 11) is 3.91. The molecular weight excluding hydrogens is 354 g/mol. The third-order valence-corrected chi connectivity index (χ3v) is 4.31. The molecule has 0 unspecified atom stereocenters. The molecular formula is C22H45N3O3. The van der Waals surface area contributed by atoms with Crippen molar-refractivity contribution in [2.24, 2.45) is 0 Å². The van der Waals surface area contributed by atoms with Gasteiger partial charge in [0, 0.05) is 25.8 Å². The van der Waals surface area contributed by atoms with Crippen LogP contribution in [0.2, 0.25) is 0 Å². The fourth-order valence-corrected chi connectivity index (χ4v) is 2.61. The van der Waals surface area contributed by atoms with E-state index < -0.39 is 0 Å². The largest absolute Gasteiger partial charge is 0.356 e. The molecule has 0 fully saturated rings. The number of Topliss-reactive ketones (excluding diaryl/α,β-unsaturated/α-hetero) is 2. The molecule has 28 heavy (non-hydrogen) atoms. The van der Waals surface area contributed by atoms with E-state index in [1.807, 2.05) is 14.1 Å². The van der Waals surface area contributed by atoms with Crippen molar-refractivity contribution in [1.29, 1.82) is 0 Å². The maximum atomic E-state index is 11.4. The zero-order chi connectivity index (χ0) is 21.5. The second-order valence-corrected chi connectivity index (χ2v) is 7.39. The summed E-state index contributed by atoms with van der Waals surface area (Å²) in [5.41, 5.74) is 0. The van der Waals surface area contributed by atoms with Crippen LogP contribution in [-0.4, -0.2) is 51.2 Å². The summed E-state index contributed by atoms with van der Waals surface area (Å²) in [5.74, 6) is 0.634. The van der Waals surface area contributed by atoms with E-state index in [-0.39, 0.29) is 11.7 Å². The molecule has 0 saturated carbocycles. The van der Waals surface area contributed by atoms with Gasteiger partial charge in [-0.1, -0.05) is 19.3 Å². The number of nitrogens with one attached hydrogen (secondary N) is 3. The van der Waals surface area contributed by atoms with Crippen LogP contribution >= 0.6 is 0 Å². The van der Waals surface area contributed by atoms with Crippen LogP contribution in [0.4, 0.5) is 0 Å². The van der Waals surface area contributed by atoms with Gasteiger partial charge in [0.05, 0.1) is 0 Å². The SMILES string of the molecule is CNCCCCCC(C)=O.CNCCCCCCNC(=O)CCCCC(C)=O. The smallest absolute Gasteiger partial charge is 0.219 e. The Morgan fingerprint density at radius 3 is 1.39 bits per heavy atom. The Morgan fingerprint density at radius 1 is 0.536 bits per heavy atom. The Balaban J connectivity index is 0. The topological polar surface area (TPSA) is 87.3 Å². The van der Waals surface area contributed by atoms with E-state index in [2.05, 4.69) is 16.0 Å². The van der Waals surface area contributed by atoms with Gasteiger partial charge in [-0.15, -0.1) is 0 Å². The molecule has 3 N–H and O–H groups in total. The summed E-state index contributed by atoms with van der Waals surface area (Å²) < 4.78 is 0. The van der Waals surface area contributed by atoms with Gasteiger partial charge in [-0.3, -0.25) is 4.79 Å². The summed E-state index contributed by atoms with van der Waals surface area (Å²) in [4.78, 5) is 32.6. The molecule has 0 radical (unpaired) electrons. The minimum atomic E-state index is 0.119. The number of carbonyl (C=O) groups is 3. The van der Waals surface area contributed by atoms with Gasteiger partial charge in [0.25, 0.3) is 0 Å². The van der Waals surface area contributed by atoms with Gasteiger partial charge < -0.3 is 25.5 Å². The third kappa shape index (κ3) is 29.5. The monoisotopic (exact) mass is 399 g/mol. The van der Waals surface area contributed by atoms with Crippen LogP contribution in [0.1, 0.15) is 90.9 Å². The second-order valence-electron chi connectivity index (χ2n) is 7.39. The van der Waals surface area contributed by atoms with E-state index >= 15 is 0 Å². The number of ketones is 2. The third-order valence-electron chi connectivity index (χ3n) is 4.31. The Bertz CT molecular complexity index is 387. The van der Waals surface area contributed by atoms with Crippen LogP contribution < -0.4 is 16.0 Å². The van der Waals surface area contributed by atoms with Gasteiger partial charge in [0.2, 0.25) is 5.91 Å². The maximum Gasteiger partial charge on any atom is 0.219 e. The molecule has 0 aromatic rings. The van der Waals surface area contributed by atoms with E-state index in [0.29, 0.717) is 18.6 Å². The van der Waals surface area contributed by atoms with Gasteiger partial charge in [-0.2, -0.15) is 0 Å². The minimum absolute atomic E-state index is 0.119. The number of amides is 1. The van der Waals surface area contributed by atoms with E-state index in [1.165, 1.54) is 32.1 Å². The van der Waals surface area contributed by atoms with Gasteiger partial charge in [0.1, 0.15) is 11.6 Å². The first-order chi connectivity index (χ1) is 13.4. The van der Waals surface area contributed by atoms with E-state index in [9.17, 15) is 14.4 Å². The highest BCUT2D eigenvalue weighted by atomic mass is 16.1. The molecule has 1 amide bonds. The van der Waals surface area contributed by atoms with Crippen molar-refractivity contribution in [3.63, 3.8) is 0 Å². The highest BCUT2D eigenvalue weighted by molar-refractivity contribution is 5.76. The van der Waals surface area contributed by atoms with Crippen molar-refractivity contribution in [1.82, 2.24) is 16.0 Å². The molecule has 6 heteroatoms. The molecule has 166 valence electrons. The van der Waals surface area contributed by atoms with Gasteiger partial charge in [0.15, 0.2) is 0 Å². The summed E-state index contributed by atoms with van der Waals surface area (Å²) in [6.45, 7) is 6.16. The lowest BCUT2D eigenvalue weighted by Gasteiger charge is -2.05. The van der Waals surface area contributed by atoms with Crippen molar-refractivity contribution in [3.8, 4) is 0 Å². The Morgan fingerprint density at radius 2 is 0.929 bits per heavy atom. The lowest BCUT2D eigenvalue weighted by molar-refractivity contribution is -0.121. The molecule has 0 aliphatic rings. The van der Waals surface area contributed by atoms with E-state index in [0.717, 1.165) is 51.7 Å². The van der Waals surface area contributed by atoms with Gasteiger partial charge in [-0.05, 0) is 79.6 Å². The number of hydrogen-bond donors (Lipinski definition) is 3. The van der Waals surface area contributed by atoms with Crippen molar-refractivity contribution in [2.45, 2.75) is 90.9 Å². The summed E-state index contributed by atoms with van der Waals surface area (Å²) in [6, 6.07) is 0. The highest BCUT2D eigenvalue weighted by Crippen LogP contribution is 2.01. The fraction of sp³-hybridized carbons (Fsp3) is 0.864. The zero-order valence-electron chi connectivity index (χ0n) is 18.8. The Hall–Kier alpha value is -1.27. The number of hydrogen-bond acceptors (Lipinski definition) is 5. The maximum absolute atomic E-state index is 11.4. The van der Waals surface area contributed by atoms with Crippen molar-refractivity contribution in [2.75, 3.05) is 33.7 Å². The fourth-order valence-electron chi connectivity index (χ4n) is 2.61. The average molecular weight is 400 g/mol. The molecule has 0 aromatic heterocycles. The molecule has 0 aliphatic carbocycles. The molecule has 0 saturated heterocycles.